The van der Waals surface area contributed by atoms with Crippen LogP contribution in [0.3, 0.4) is 0 Å². The lowest BCUT2D eigenvalue weighted by atomic mass is 9.73. The number of rotatable bonds is 6. The maximum atomic E-state index is 12.7. The molecule has 1 N–H and O–H groups in total. The third-order valence-corrected chi connectivity index (χ3v) is 6.47. The van der Waals surface area contributed by atoms with Gasteiger partial charge >= 0.3 is 0 Å². The van der Waals surface area contributed by atoms with Crippen molar-refractivity contribution < 1.29 is 9.59 Å². The van der Waals surface area contributed by atoms with Crippen LogP contribution in [0.4, 0.5) is 0 Å². The number of nitrogens with zero attached hydrogens (tertiary/aromatic N) is 4. The average Bonchev–Trinajstić information content (AvgIpc) is 3.06. The van der Waals surface area contributed by atoms with Crippen LogP contribution >= 0.6 is 11.8 Å². The molecule has 27 heavy (non-hydrogen) atoms. The standard InChI is InChI=1S/C19H31N5O2S/c1-14(2)6-10-24-13-19(8-5-16(24)25)7-4-9-23(12-19)17(26)11-27-18-20-15(3)21-22-18/h14H,4-13H2,1-3H3,(H,20,21,22)/t19-/m1/s1. The number of amides is 2. The number of hydrogen-bond acceptors (Lipinski definition) is 5. The molecule has 1 aromatic heterocycles. The number of nitrogens with one attached hydrogen (secondary N) is 1. The van der Waals surface area contributed by atoms with Crippen LogP contribution in [-0.2, 0) is 9.59 Å². The molecule has 2 amide bonds. The van der Waals surface area contributed by atoms with E-state index in [-0.39, 0.29) is 17.2 Å². The molecule has 0 radical (unpaired) electrons. The SMILES string of the molecule is Cc1nc(SCC(=O)N2CCC[C@@]3(CCC(=O)N(CCC(C)C)C3)C2)n[nH]1. The van der Waals surface area contributed by atoms with E-state index in [9.17, 15) is 9.59 Å². The van der Waals surface area contributed by atoms with Crippen molar-refractivity contribution in [1.82, 2.24) is 25.0 Å². The number of piperidine rings is 2. The molecule has 8 heteroatoms. The molecule has 2 saturated heterocycles. The second kappa shape index (κ2) is 8.63. The zero-order chi connectivity index (χ0) is 19.4. The van der Waals surface area contributed by atoms with Gasteiger partial charge in [-0.2, -0.15) is 0 Å². The van der Waals surface area contributed by atoms with Crippen LogP contribution in [0.2, 0.25) is 0 Å². The highest BCUT2D eigenvalue weighted by Gasteiger charge is 2.42. The van der Waals surface area contributed by atoms with Crippen molar-refractivity contribution in [3.8, 4) is 0 Å². The van der Waals surface area contributed by atoms with Gasteiger partial charge in [0.2, 0.25) is 17.0 Å². The van der Waals surface area contributed by atoms with E-state index in [1.807, 2.05) is 16.7 Å². The van der Waals surface area contributed by atoms with Gasteiger partial charge in [0.25, 0.3) is 0 Å². The second-order valence-electron chi connectivity index (χ2n) is 8.41. The summed E-state index contributed by atoms with van der Waals surface area (Å²) in [5.74, 6) is 2.14. The predicted molar refractivity (Wildman–Crippen MR) is 105 cm³/mol. The fraction of sp³-hybridized carbons (Fsp3) is 0.789. The fourth-order valence-electron chi connectivity index (χ4n) is 4.08. The number of aromatic nitrogens is 3. The normalized spacial score (nSPS) is 23.5. The molecule has 3 heterocycles. The van der Waals surface area contributed by atoms with Gasteiger partial charge in [-0.15, -0.1) is 5.10 Å². The molecule has 3 rings (SSSR count). The van der Waals surface area contributed by atoms with E-state index in [0.29, 0.717) is 23.2 Å². The number of hydrogen-bond donors (Lipinski definition) is 1. The van der Waals surface area contributed by atoms with Crippen molar-refractivity contribution in [1.29, 1.82) is 0 Å². The van der Waals surface area contributed by atoms with E-state index in [1.54, 1.807) is 0 Å². The molecule has 0 saturated carbocycles. The largest absolute Gasteiger partial charge is 0.342 e. The molecule has 1 aromatic rings. The number of likely N-dealkylation sites (tertiary alicyclic amines) is 2. The van der Waals surface area contributed by atoms with E-state index in [2.05, 4.69) is 29.0 Å². The molecule has 1 atom stereocenters. The van der Waals surface area contributed by atoms with Crippen molar-refractivity contribution in [2.24, 2.45) is 11.3 Å². The van der Waals surface area contributed by atoms with E-state index in [1.165, 1.54) is 11.8 Å². The Labute approximate surface area is 165 Å². The summed E-state index contributed by atoms with van der Waals surface area (Å²) in [7, 11) is 0. The lowest BCUT2D eigenvalue weighted by molar-refractivity contribution is -0.142. The molecule has 150 valence electrons. The van der Waals surface area contributed by atoms with Gasteiger partial charge < -0.3 is 9.80 Å². The quantitative estimate of drug-likeness (QED) is 0.751. The number of aryl methyl sites for hydroxylation is 1. The summed E-state index contributed by atoms with van der Waals surface area (Å²) >= 11 is 1.38. The zero-order valence-corrected chi connectivity index (χ0v) is 17.5. The minimum absolute atomic E-state index is 0.0740. The Kier molecular flexibility index (Phi) is 6.44. The molecular weight excluding hydrogens is 362 g/mol. The first-order valence-electron chi connectivity index (χ1n) is 9.94. The minimum Gasteiger partial charge on any atom is -0.342 e. The highest BCUT2D eigenvalue weighted by atomic mass is 32.2. The first-order valence-corrected chi connectivity index (χ1v) is 10.9. The van der Waals surface area contributed by atoms with Gasteiger partial charge in [-0.25, -0.2) is 4.98 Å². The monoisotopic (exact) mass is 393 g/mol. The van der Waals surface area contributed by atoms with Crippen LogP contribution < -0.4 is 0 Å². The highest BCUT2D eigenvalue weighted by molar-refractivity contribution is 7.99. The summed E-state index contributed by atoms with van der Waals surface area (Å²) in [4.78, 5) is 33.3. The lowest BCUT2D eigenvalue weighted by Gasteiger charge is -2.48. The Hall–Kier alpha value is -1.57. The topological polar surface area (TPSA) is 82.2 Å². The maximum absolute atomic E-state index is 12.7. The van der Waals surface area contributed by atoms with Crippen molar-refractivity contribution in [3.05, 3.63) is 5.82 Å². The van der Waals surface area contributed by atoms with E-state index < -0.39 is 0 Å². The fourth-order valence-corrected chi connectivity index (χ4v) is 4.83. The number of carbonyl (C=O) groups is 2. The Bertz CT molecular complexity index is 677. The summed E-state index contributed by atoms with van der Waals surface area (Å²) in [6, 6.07) is 0. The summed E-state index contributed by atoms with van der Waals surface area (Å²) in [5.41, 5.74) is 0.0740. The average molecular weight is 394 g/mol. The van der Waals surface area contributed by atoms with Crippen molar-refractivity contribution in [3.63, 3.8) is 0 Å². The van der Waals surface area contributed by atoms with Gasteiger partial charge in [-0.3, -0.25) is 14.7 Å². The number of thioether (sulfide) groups is 1. The van der Waals surface area contributed by atoms with Crippen LogP contribution in [0.5, 0.6) is 0 Å². The van der Waals surface area contributed by atoms with Crippen molar-refractivity contribution >= 4 is 23.6 Å². The summed E-state index contributed by atoms with van der Waals surface area (Å²) in [6.45, 7) is 9.46. The van der Waals surface area contributed by atoms with Crippen LogP contribution in [0, 0.1) is 18.3 Å². The van der Waals surface area contributed by atoms with E-state index in [4.69, 9.17) is 0 Å². The molecule has 0 aromatic carbocycles. The summed E-state index contributed by atoms with van der Waals surface area (Å²) < 4.78 is 0. The number of aromatic amines is 1. The van der Waals surface area contributed by atoms with Crippen LogP contribution in [-0.4, -0.2) is 68.7 Å². The third kappa shape index (κ3) is 5.24. The van der Waals surface area contributed by atoms with E-state index >= 15 is 0 Å². The molecule has 7 nitrogen and oxygen atoms in total. The van der Waals surface area contributed by atoms with Gasteiger partial charge in [0.1, 0.15) is 5.82 Å². The molecule has 2 aliphatic heterocycles. The maximum Gasteiger partial charge on any atom is 0.233 e. The first-order chi connectivity index (χ1) is 12.9. The summed E-state index contributed by atoms with van der Waals surface area (Å²) in [6.07, 6.45) is 4.68. The van der Waals surface area contributed by atoms with Crippen molar-refractivity contribution in [2.75, 3.05) is 31.9 Å². The van der Waals surface area contributed by atoms with Gasteiger partial charge in [-0.05, 0) is 38.5 Å². The number of H-pyrrole nitrogens is 1. The van der Waals surface area contributed by atoms with Crippen molar-refractivity contribution in [2.45, 2.75) is 58.0 Å². The Morgan fingerprint density at radius 2 is 2.15 bits per heavy atom. The third-order valence-electron chi connectivity index (χ3n) is 5.64. The molecule has 0 aliphatic carbocycles. The Morgan fingerprint density at radius 3 is 2.85 bits per heavy atom. The van der Waals surface area contributed by atoms with Gasteiger partial charge in [0.05, 0.1) is 5.75 Å². The highest BCUT2D eigenvalue weighted by Crippen LogP contribution is 2.39. The molecule has 0 unspecified atom stereocenters. The smallest absolute Gasteiger partial charge is 0.233 e. The summed E-state index contributed by atoms with van der Waals surface area (Å²) in [5, 5.41) is 7.51. The van der Waals surface area contributed by atoms with Gasteiger partial charge in [0.15, 0.2) is 0 Å². The van der Waals surface area contributed by atoms with Crippen LogP contribution in [0.15, 0.2) is 5.16 Å². The lowest BCUT2D eigenvalue weighted by Crippen LogP contribution is -2.55. The predicted octanol–water partition coefficient (Wildman–Crippen LogP) is 2.48. The molecule has 2 aliphatic rings. The minimum atomic E-state index is 0.0740. The Morgan fingerprint density at radius 1 is 1.33 bits per heavy atom. The molecule has 0 bridgehead atoms. The number of carbonyl (C=O) groups excluding carboxylic acids is 2. The molecule has 2 fully saturated rings. The molecular formula is C19H31N5O2S. The van der Waals surface area contributed by atoms with E-state index in [0.717, 1.165) is 57.7 Å². The van der Waals surface area contributed by atoms with Gasteiger partial charge in [0, 0.05) is 38.0 Å². The first kappa shape index (κ1) is 20.2. The molecule has 1 spiro atoms. The van der Waals surface area contributed by atoms with Crippen LogP contribution in [0.1, 0.15) is 51.8 Å². The Balaban J connectivity index is 1.57. The van der Waals surface area contributed by atoms with Crippen LogP contribution in [0.25, 0.3) is 0 Å². The second-order valence-corrected chi connectivity index (χ2v) is 9.35. The van der Waals surface area contributed by atoms with Gasteiger partial charge in [-0.1, -0.05) is 25.6 Å². The zero-order valence-electron chi connectivity index (χ0n) is 16.7.